The minimum atomic E-state index is 0.229. The van der Waals surface area contributed by atoms with Gasteiger partial charge in [-0.15, -0.1) is 0 Å². The standard InChI is InChI=1S/C16H27ClN2/c1-11(2)8-13(4)19(5)16(10-18)14-7-6-12(3)15(17)9-14/h6-7,9,11,13,16H,8,10,18H2,1-5H3. The van der Waals surface area contributed by atoms with Crippen LogP contribution in [0.5, 0.6) is 0 Å². The van der Waals surface area contributed by atoms with Crippen molar-refractivity contribution in [2.24, 2.45) is 11.7 Å². The first-order valence-corrected chi connectivity index (χ1v) is 7.42. The van der Waals surface area contributed by atoms with E-state index >= 15 is 0 Å². The third-order valence-electron chi connectivity index (χ3n) is 3.80. The molecule has 0 saturated carbocycles. The second kappa shape index (κ2) is 7.28. The van der Waals surface area contributed by atoms with Crippen LogP contribution in [-0.2, 0) is 0 Å². The molecule has 0 aliphatic heterocycles. The van der Waals surface area contributed by atoms with Gasteiger partial charge >= 0.3 is 0 Å². The lowest BCUT2D eigenvalue weighted by molar-refractivity contribution is 0.169. The molecule has 2 atom stereocenters. The molecule has 108 valence electrons. The Morgan fingerprint density at radius 1 is 1.26 bits per heavy atom. The highest BCUT2D eigenvalue weighted by Crippen LogP contribution is 2.26. The van der Waals surface area contributed by atoms with Gasteiger partial charge in [-0.3, -0.25) is 4.90 Å². The summed E-state index contributed by atoms with van der Waals surface area (Å²) in [7, 11) is 2.15. The van der Waals surface area contributed by atoms with Gasteiger partial charge in [-0.05, 0) is 50.4 Å². The van der Waals surface area contributed by atoms with Crippen LogP contribution in [0.25, 0.3) is 0 Å². The number of nitrogens with zero attached hydrogens (tertiary/aromatic N) is 1. The zero-order valence-corrected chi connectivity index (χ0v) is 13.5. The fourth-order valence-electron chi connectivity index (χ4n) is 2.51. The van der Waals surface area contributed by atoms with Gasteiger partial charge in [0.1, 0.15) is 0 Å². The van der Waals surface area contributed by atoms with Gasteiger partial charge in [0, 0.05) is 23.7 Å². The molecule has 0 spiro atoms. The molecule has 1 aromatic carbocycles. The Morgan fingerprint density at radius 3 is 2.37 bits per heavy atom. The zero-order valence-electron chi connectivity index (χ0n) is 12.8. The predicted octanol–water partition coefficient (Wildman–Crippen LogP) is 4.01. The normalized spacial score (nSPS) is 15.0. The molecule has 0 aliphatic rings. The van der Waals surface area contributed by atoms with Crippen LogP contribution in [0.2, 0.25) is 5.02 Å². The van der Waals surface area contributed by atoms with E-state index in [0.29, 0.717) is 18.5 Å². The van der Waals surface area contributed by atoms with Crippen molar-refractivity contribution in [3.05, 3.63) is 34.3 Å². The molecular formula is C16H27ClN2. The summed E-state index contributed by atoms with van der Waals surface area (Å²) in [6.07, 6.45) is 1.17. The molecule has 19 heavy (non-hydrogen) atoms. The van der Waals surface area contributed by atoms with E-state index in [-0.39, 0.29) is 6.04 Å². The van der Waals surface area contributed by atoms with Crippen LogP contribution < -0.4 is 5.73 Å². The monoisotopic (exact) mass is 282 g/mol. The molecule has 0 saturated heterocycles. The molecule has 0 heterocycles. The zero-order chi connectivity index (χ0) is 14.6. The number of benzene rings is 1. The average molecular weight is 283 g/mol. The summed E-state index contributed by atoms with van der Waals surface area (Å²) < 4.78 is 0. The van der Waals surface area contributed by atoms with Crippen molar-refractivity contribution in [1.29, 1.82) is 0 Å². The minimum absolute atomic E-state index is 0.229. The molecule has 1 aromatic rings. The van der Waals surface area contributed by atoms with Gasteiger partial charge < -0.3 is 5.73 Å². The average Bonchev–Trinajstić information content (AvgIpc) is 2.33. The van der Waals surface area contributed by atoms with Crippen molar-refractivity contribution in [2.75, 3.05) is 13.6 Å². The fraction of sp³-hybridized carbons (Fsp3) is 0.625. The molecule has 0 bridgehead atoms. The van der Waals surface area contributed by atoms with Gasteiger partial charge in [-0.2, -0.15) is 0 Å². The molecule has 2 N–H and O–H groups in total. The Morgan fingerprint density at radius 2 is 1.89 bits per heavy atom. The summed E-state index contributed by atoms with van der Waals surface area (Å²) in [6, 6.07) is 6.99. The molecule has 0 fully saturated rings. The van der Waals surface area contributed by atoms with Crippen LogP contribution >= 0.6 is 11.6 Å². The van der Waals surface area contributed by atoms with Crippen molar-refractivity contribution in [1.82, 2.24) is 4.90 Å². The number of nitrogens with two attached hydrogens (primary N) is 1. The molecule has 2 nitrogen and oxygen atoms in total. The van der Waals surface area contributed by atoms with Gasteiger partial charge in [0.25, 0.3) is 0 Å². The Kier molecular flexibility index (Phi) is 6.31. The van der Waals surface area contributed by atoms with E-state index in [1.807, 2.05) is 13.0 Å². The molecule has 1 rings (SSSR count). The van der Waals surface area contributed by atoms with Gasteiger partial charge in [0.2, 0.25) is 0 Å². The molecular weight excluding hydrogens is 256 g/mol. The van der Waals surface area contributed by atoms with Crippen LogP contribution in [0.1, 0.15) is 44.4 Å². The lowest BCUT2D eigenvalue weighted by atomic mass is 9.99. The summed E-state index contributed by atoms with van der Waals surface area (Å²) in [6.45, 7) is 9.40. The Labute approximate surface area is 122 Å². The maximum Gasteiger partial charge on any atom is 0.0470 e. The SMILES string of the molecule is Cc1ccc(C(CN)N(C)C(C)CC(C)C)cc1Cl. The van der Waals surface area contributed by atoms with E-state index in [2.05, 4.69) is 44.9 Å². The molecule has 0 radical (unpaired) electrons. The first kappa shape index (κ1) is 16.5. The van der Waals surface area contributed by atoms with E-state index in [4.69, 9.17) is 17.3 Å². The van der Waals surface area contributed by atoms with Crippen molar-refractivity contribution in [3.8, 4) is 0 Å². The van der Waals surface area contributed by atoms with Crippen molar-refractivity contribution >= 4 is 11.6 Å². The van der Waals surface area contributed by atoms with Crippen molar-refractivity contribution in [3.63, 3.8) is 0 Å². The van der Waals surface area contributed by atoms with Gasteiger partial charge in [0.05, 0.1) is 0 Å². The number of rotatable bonds is 6. The van der Waals surface area contributed by atoms with Gasteiger partial charge in [-0.1, -0.05) is 37.6 Å². The van der Waals surface area contributed by atoms with E-state index in [9.17, 15) is 0 Å². The van der Waals surface area contributed by atoms with E-state index in [1.54, 1.807) is 0 Å². The van der Waals surface area contributed by atoms with E-state index < -0.39 is 0 Å². The number of likely N-dealkylation sites (N-methyl/N-ethyl adjacent to an activating group) is 1. The fourth-order valence-corrected chi connectivity index (χ4v) is 2.70. The number of hydrogen-bond acceptors (Lipinski definition) is 2. The Bertz CT molecular complexity index is 404. The summed E-state index contributed by atoms with van der Waals surface area (Å²) in [5, 5.41) is 0.820. The van der Waals surface area contributed by atoms with Gasteiger partial charge in [-0.25, -0.2) is 0 Å². The Hall–Kier alpha value is -0.570. The maximum atomic E-state index is 6.22. The van der Waals surface area contributed by atoms with Crippen LogP contribution in [0.3, 0.4) is 0 Å². The minimum Gasteiger partial charge on any atom is -0.329 e. The maximum absolute atomic E-state index is 6.22. The molecule has 0 aliphatic carbocycles. The third-order valence-corrected chi connectivity index (χ3v) is 4.21. The summed E-state index contributed by atoms with van der Waals surface area (Å²) in [4.78, 5) is 2.36. The number of aryl methyl sites for hydroxylation is 1. The lowest BCUT2D eigenvalue weighted by Crippen LogP contribution is -2.37. The predicted molar refractivity (Wildman–Crippen MR) is 84.7 cm³/mol. The lowest BCUT2D eigenvalue weighted by Gasteiger charge is -2.34. The van der Waals surface area contributed by atoms with Gasteiger partial charge in [0.15, 0.2) is 0 Å². The second-order valence-corrected chi connectivity index (χ2v) is 6.31. The van der Waals surface area contributed by atoms with Crippen LogP contribution in [0, 0.1) is 12.8 Å². The number of hydrogen-bond donors (Lipinski definition) is 1. The summed E-state index contributed by atoms with van der Waals surface area (Å²) >= 11 is 6.22. The third kappa shape index (κ3) is 4.48. The molecule has 3 heteroatoms. The first-order chi connectivity index (χ1) is 8.86. The van der Waals surface area contributed by atoms with Crippen LogP contribution in [0.15, 0.2) is 18.2 Å². The Balaban J connectivity index is 2.89. The molecule has 0 aromatic heterocycles. The van der Waals surface area contributed by atoms with E-state index in [1.165, 1.54) is 12.0 Å². The second-order valence-electron chi connectivity index (χ2n) is 5.90. The summed E-state index contributed by atoms with van der Waals surface area (Å²) in [5.74, 6) is 0.692. The highest BCUT2D eigenvalue weighted by Gasteiger charge is 2.21. The van der Waals surface area contributed by atoms with Crippen LogP contribution in [0.4, 0.5) is 0 Å². The van der Waals surface area contributed by atoms with E-state index in [0.717, 1.165) is 10.6 Å². The van der Waals surface area contributed by atoms with Crippen LogP contribution in [-0.4, -0.2) is 24.5 Å². The van der Waals surface area contributed by atoms with Crippen molar-refractivity contribution in [2.45, 2.75) is 46.2 Å². The highest BCUT2D eigenvalue weighted by molar-refractivity contribution is 6.31. The quantitative estimate of drug-likeness (QED) is 0.854. The molecule has 2 unspecified atom stereocenters. The smallest absolute Gasteiger partial charge is 0.0470 e. The first-order valence-electron chi connectivity index (χ1n) is 7.04. The highest BCUT2D eigenvalue weighted by atomic mass is 35.5. The largest absolute Gasteiger partial charge is 0.329 e. The van der Waals surface area contributed by atoms with Crippen molar-refractivity contribution < 1.29 is 0 Å². The topological polar surface area (TPSA) is 29.3 Å². The number of halogens is 1. The summed E-state index contributed by atoms with van der Waals surface area (Å²) in [5.41, 5.74) is 8.29. The molecule has 0 amide bonds.